The number of unbranched alkanes of at least 4 members (excludes halogenated alkanes) is 3. The van der Waals surface area contributed by atoms with Crippen LogP contribution in [0, 0.1) is 0 Å². The third kappa shape index (κ3) is 11.3. The highest BCUT2D eigenvalue weighted by atomic mass is 16.2. The molecular formula is C48H80N6O2. The van der Waals surface area contributed by atoms with E-state index in [0.29, 0.717) is 0 Å². The van der Waals surface area contributed by atoms with Crippen LogP contribution in [0.15, 0.2) is 60.7 Å². The van der Waals surface area contributed by atoms with Gasteiger partial charge in [-0.2, -0.15) is 0 Å². The smallest absolute Gasteiger partial charge is 0.320 e. The number of amides is 4. The second kappa shape index (κ2) is 19.6. The molecule has 314 valence electrons. The van der Waals surface area contributed by atoms with Crippen molar-refractivity contribution in [2.45, 2.75) is 182 Å². The van der Waals surface area contributed by atoms with Crippen molar-refractivity contribution in [1.29, 1.82) is 0 Å². The van der Waals surface area contributed by atoms with Crippen molar-refractivity contribution in [3.63, 3.8) is 0 Å². The van der Waals surface area contributed by atoms with E-state index < -0.39 is 0 Å². The molecule has 0 aliphatic carbocycles. The van der Waals surface area contributed by atoms with Crippen molar-refractivity contribution in [3.8, 4) is 0 Å². The van der Waals surface area contributed by atoms with Gasteiger partial charge in [-0.25, -0.2) is 9.59 Å². The molecule has 0 saturated carbocycles. The molecule has 0 bridgehead atoms. The van der Waals surface area contributed by atoms with Gasteiger partial charge in [0.25, 0.3) is 0 Å². The largest absolute Gasteiger partial charge is 0.325 e. The number of rotatable bonds is 17. The number of hydrogen-bond donors (Lipinski definition) is 0. The average molecular weight is 773 g/mol. The second-order valence-electron chi connectivity index (χ2n) is 19.2. The Kier molecular flexibility index (Phi) is 15.9. The third-order valence-electron chi connectivity index (χ3n) is 13.2. The molecule has 0 radical (unpaired) electrons. The summed E-state index contributed by atoms with van der Waals surface area (Å²) >= 11 is 0. The summed E-state index contributed by atoms with van der Waals surface area (Å²) in [6, 6.07) is 22.3. The Balaban J connectivity index is 1.43. The predicted octanol–water partition coefficient (Wildman–Crippen LogP) is 10.5. The fourth-order valence-electron chi connectivity index (χ4n) is 10.5. The summed E-state index contributed by atoms with van der Waals surface area (Å²) in [7, 11) is 0. The summed E-state index contributed by atoms with van der Waals surface area (Å²) in [6.07, 6.45) is 7.85. The lowest BCUT2D eigenvalue weighted by Gasteiger charge is -2.57. The number of hydrogen-bond acceptors (Lipinski definition) is 4. The van der Waals surface area contributed by atoms with Crippen LogP contribution < -0.4 is 0 Å². The minimum absolute atomic E-state index is 0.0638. The lowest BCUT2D eigenvalue weighted by molar-refractivity contribution is -0.0668. The highest BCUT2D eigenvalue weighted by Crippen LogP contribution is 2.43. The van der Waals surface area contributed by atoms with E-state index in [1.165, 1.54) is 11.1 Å². The standard InChI is InChI=1S/C48H80N6O2/c1-13-49(14-2)43(55)51(41-33-45(5,6)53(46(7,8)34-41)37-39-27-21-19-22-28-39)31-25-17-18-26-32-52(44(56)50(15-3)16-4)42-35-47(9,10)54(48(11,12)36-42)38-40-29-23-20-24-30-40/h19-24,27-30,41-42H,13-18,25-26,31-38H2,1-12H3. The lowest BCUT2D eigenvalue weighted by atomic mass is 9.76. The van der Waals surface area contributed by atoms with Crippen LogP contribution in [0.25, 0.3) is 0 Å². The van der Waals surface area contributed by atoms with Gasteiger partial charge < -0.3 is 19.6 Å². The van der Waals surface area contributed by atoms with Gasteiger partial charge in [-0.15, -0.1) is 0 Å². The van der Waals surface area contributed by atoms with E-state index in [0.717, 1.165) is 104 Å². The van der Waals surface area contributed by atoms with Gasteiger partial charge in [-0.05, 0) is 133 Å². The summed E-state index contributed by atoms with van der Waals surface area (Å²) in [6.45, 7) is 33.6. The van der Waals surface area contributed by atoms with Crippen molar-refractivity contribution in [1.82, 2.24) is 29.4 Å². The SMILES string of the molecule is CCN(CC)C(=O)N(CCCCCCN(C(=O)N(CC)CC)C1CC(C)(C)N(Cc2ccccc2)C(C)(C)C1)C1CC(C)(C)N(Cc2ccccc2)C(C)(C)C1. The van der Waals surface area contributed by atoms with Gasteiger partial charge in [0, 0.05) is 86.6 Å². The van der Waals surface area contributed by atoms with Gasteiger partial charge in [0.1, 0.15) is 0 Å². The molecule has 2 aromatic rings. The molecule has 0 unspecified atom stereocenters. The zero-order valence-electron chi connectivity index (χ0n) is 37.7. The first-order valence-corrected chi connectivity index (χ1v) is 22.1. The fraction of sp³-hybridized carbons (Fsp3) is 0.708. The molecule has 56 heavy (non-hydrogen) atoms. The third-order valence-corrected chi connectivity index (χ3v) is 13.2. The van der Waals surface area contributed by atoms with Crippen molar-refractivity contribution in [2.24, 2.45) is 0 Å². The van der Waals surface area contributed by atoms with E-state index in [9.17, 15) is 9.59 Å². The summed E-state index contributed by atoms with van der Waals surface area (Å²) in [5.74, 6) is 0. The van der Waals surface area contributed by atoms with E-state index in [4.69, 9.17) is 0 Å². The number of nitrogens with zero attached hydrogens (tertiary/aromatic N) is 6. The fourth-order valence-corrected chi connectivity index (χ4v) is 10.5. The molecule has 2 aliphatic heterocycles. The molecule has 0 spiro atoms. The molecular weight excluding hydrogens is 693 g/mol. The second-order valence-corrected chi connectivity index (χ2v) is 19.2. The Labute approximate surface area is 342 Å². The van der Waals surface area contributed by atoms with Crippen LogP contribution in [0.5, 0.6) is 0 Å². The zero-order valence-corrected chi connectivity index (χ0v) is 37.7. The summed E-state index contributed by atoms with van der Waals surface area (Å²) < 4.78 is 0. The number of carbonyl (C=O) groups excluding carboxylic acids is 2. The Bertz CT molecular complexity index is 1350. The maximum Gasteiger partial charge on any atom is 0.320 e. The first-order chi connectivity index (χ1) is 26.4. The van der Waals surface area contributed by atoms with E-state index in [1.807, 2.05) is 9.80 Å². The van der Waals surface area contributed by atoms with Crippen LogP contribution in [-0.4, -0.2) is 115 Å². The molecule has 4 rings (SSSR count). The highest BCUT2D eigenvalue weighted by Gasteiger charge is 2.49. The quantitative estimate of drug-likeness (QED) is 0.150. The first kappa shape index (κ1) is 45.6. The molecule has 4 amide bonds. The molecule has 0 atom stereocenters. The molecule has 2 saturated heterocycles. The molecule has 8 heteroatoms. The van der Waals surface area contributed by atoms with E-state index in [1.54, 1.807) is 0 Å². The van der Waals surface area contributed by atoms with Crippen LogP contribution in [-0.2, 0) is 13.1 Å². The van der Waals surface area contributed by atoms with Gasteiger partial charge in [0.2, 0.25) is 0 Å². The molecule has 2 heterocycles. The summed E-state index contributed by atoms with van der Waals surface area (Å²) in [5, 5.41) is 0. The number of likely N-dealkylation sites (tertiary alicyclic amines) is 2. The maximum atomic E-state index is 14.2. The average Bonchev–Trinajstić information content (AvgIpc) is 3.13. The maximum absolute atomic E-state index is 14.2. The summed E-state index contributed by atoms with van der Waals surface area (Å²) in [4.78, 5) is 42.2. The molecule has 8 nitrogen and oxygen atoms in total. The van der Waals surface area contributed by atoms with Gasteiger partial charge >= 0.3 is 12.1 Å². The first-order valence-electron chi connectivity index (χ1n) is 22.1. The van der Waals surface area contributed by atoms with Gasteiger partial charge in [0.15, 0.2) is 0 Å². The minimum Gasteiger partial charge on any atom is -0.325 e. The van der Waals surface area contributed by atoms with Crippen LogP contribution in [0.4, 0.5) is 9.59 Å². The van der Waals surface area contributed by atoms with Gasteiger partial charge in [-0.1, -0.05) is 73.5 Å². The molecule has 0 aromatic heterocycles. The normalized spacial score (nSPS) is 19.7. The Morgan fingerprint density at radius 3 is 1.05 bits per heavy atom. The van der Waals surface area contributed by atoms with Crippen LogP contribution >= 0.6 is 0 Å². The zero-order chi connectivity index (χ0) is 41.3. The van der Waals surface area contributed by atoms with E-state index >= 15 is 0 Å². The number of carbonyl (C=O) groups is 2. The monoisotopic (exact) mass is 773 g/mol. The van der Waals surface area contributed by atoms with Crippen molar-refractivity contribution in [2.75, 3.05) is 39.3 Å². The number of benzene rings is 2. The van der Waals surface area contributed by atoms with Crippen molar-refractivity contribution < 1.29 is 9.59 Å². The van der Waals surface area contributed by atoms with E-state index in [-0.39, 0.29) is 46.3 Å². The topological polar surface area (TPSA) is 53.6 Å². The van der Waals surface area contributed by atoms with Gasteiger partial charge in [-0.3, -0.25) is 9.80 Å². The summed E-state index contributed by atoms with van der Waals surface area (Å²) in [5.41, 5.74) is 2.41. The molecule has 0 N–H and O–H groups in total. The van der Waals surface area contributed by atoms with E-state index in [2.05, 4.69) is 163 Å². The van der Waals surface area contributed by atoms with Crippen molar-refractivity contribution >= 4 is 12.1 Å². The Hall–Kier alpha value is -3.10. The van der Waals surface area contributed by atoms with Crippen LogP contribution in [0.2, 0.25) is 0 Å². The van der Waals surface area contributed by atoms with Crippen LogP contribution in [0.3, 0.4) is 0 Å². The minimum atomic E-state index is -0.0638. The molecule has 2 aromatic carbocycles. The van der Waals surface area contributed by atoms with Gasteiger partial charge in [0.05, 0.1) is 0 Å². The highest BCUT2D eigenvalue weighted by molar-refractivity contribution is 5.75. The predicted molar refractivity (Wildman–Crippen MR) is 235 cm³/mol. The van der Waals surface area contributed by atoms with Crippen LogP contribution in [0.1, 0.15) is 146 Å². The lowest BCUT2D eigenvalue weighted by Crippen LogP contribution is -2.65. The van der Waals surface area contributed by atoms with Crippen molar-refractivity contribution in [3.05, 3.63) is 71.8 Å². The number of urea groups is 2. The molecule has 2 aliphatic rings. The Morgan fingerprint density at radius 1 is 0.500 bits per heavy atom. The molecule has 2 fully saturated rings. The Morgan fingerprint density at radius 2 is 0.786 bits per heavy atom. The number of piperidine rings is 2.